The van der Waals surface area contributed by atoms with Gasteiger partial charge in [-0.25, -0.2) is 0 Å². The molecule has 0 saturated carbocycles. The van der Waals surface area contributed by atoms with Gasteiger partial charge in [-0.15, -0.1) is 11.3 Å². The fraction of sp³-hybridized carbons (Fsp3) is 0.0769. The van der Waals surface area contributed by atoms with Gasteiger partial charge in [-0.05, 0) is 42.1 Å². The molecule has 1 aromatic carbocycles. The van der Waals surface area contributed by atoms with E-state index in [-0.39, 0.29) is 5.91 Å². The largest absolute Gasteiger partial charge is 0.321 e. The monoisotopic (exact) mass is 242 g/mol. The van der Waals surface area contributed by atoms with Crippen LogP contribution in [0.1, 0.15) is 20.8 Å². The van der Waals surface area contributed by atoms with Crippen molar-refractivity contribution < 1.29 is 4.79 Å². The molecule has 0 fully saturated rings. The number of thiophene rings is 1. The quantitative estimate of drug-likeness (QED) is 0.879. The van der Waals surface area contributed by atoms with Gasteiger partial charge in [0.15, 0.2) is 0 Å². The molecule has 17 heavy (non-hydrogen) atoms. The Bertz CT molecular complexity index is 595. The summed E-state index contributed by atoms with van der Waals surface area (Å²) in [5.41, 5.74) is 2.14. The van der Waals surface area contributed by atoms with E-state index < -0.39 is 0 Å². The lowest BCUT2D eigenvalue weighted by molar-refractivity contribution is 0.103. The first kappa shape index (κ1) is 11.4. The summed E-state index contributed by atoms with van der Waals surface area (Å²) < 4.78 is 0. The molecule has 0 radical (unpaired) electrons. The maximum atomic E-state index is 11.9. The Morgan fingerprint density at radius 1 is 1.41 bits per heavy atom. The van der Waals surface area contributed by atoms with Gasteiger partial charge in [-0.2, -0.15) is 5.26 Å². The van der Waals surface area contributed by atoms with E-state index in [0.29, 0.717) is 16.1 Å². The summed E-state index contributed by atoms with van der Waals surface area (Å²) in [4.78, 5) is 12.6. The first-order valence-corrected chi connectivity index (χ1v) is 5.94. The van der Waals surface area contributed by atoms with Crippen LogP contribution >= 0.6 is 11.3 Å². The van der Waals surface area contributed by atoms with Crippen LogP contribution in [0.4, 0.5) is 5.69 Å². The molecule has 0 spiro atoms. The number of hydrogen-bond donors (Lipinski definition) is 1. The standard InChI is InChI=1S/C13H10N2OS/c1-9-5-6-17-12(9)13(16)15-11-4-2-3-10(7-11)8-14/h2-7H,1H3,(H,15,16). The number of nitrogens with one attached hydrogen (secondary N) is 1. The summed E-state index contributed by atoms with van der Waals surface area (Å²) in [6, 6.07) is 10.8. The molecule has 1 heterocycles. The van der Waals surface area contributed by atoms with Gasteiger partial charge in [0.1, 0.15) is 0 Å². The average Bonchev–Trinajstić information content (AvgIpc) is 2.76. The van der Waals surface area contributed by atoms with E-state index in [4.69, 9.17) is 5.26 Å². The molecule has 84 valence electrons. The molecule has 0 aliphatic rings. The van der Waals surface area contributed by atoms with E-state index in [1.165, 1.54) is 11.3 Å². The zero-order valence-electron chi connectivity index (χ0n) is 9.23. The number of carbonyl (C=O) groups excluding carboxylic acids is 1. The van der Waals surface area contributed by atoms with Crippen LogP contribution in [0.5, 0.6) is 0 Å². The van der Waals surface area contributed by atoms with Crippen LogP contribution in [0.25, 0.3) is 0 Å². The van der Waals surface area contributed by atoms with Gasteiger partial charge in [0.2, 0.25) is 0 Å². The van der Waals surface area contributed by atoms with Crippen molar-refractivity contribution in [1.82, 2.24) is 0 Å². The molecule has 0 bridgehead atoms. The number of carbonyl (C=O) groups is 1. The fourth-order valence-electron chi connectivity index (χ4n) is 1.46. The summed E-state index contributed by atoms with van der Waals surface area (Å²) in [7, 11) is 0. The molecule has 0 unspecified atom stereocenters. The normalized spacial score (nSPS) is 9.65. The molecule has 1 aromatic heterocycles. The predicted molar refractivity (Wildman–Crippen MR) is 68.2 cm³/mol. The van der Waals surface area contributed by atoms with Gasteiger partial charge in [0.25, 0.3) is 5.91 Å². The summed E-state index contributed by atoms with van der Waals surface area (Å²) >= 11 is 1.41. The van der Waals surface area contributed by atoms with Crippen molar-refractivity contribution >= 4 is 22.9 Å². The van der Waals surface area contributed by atoms with Crippen molar-refractivity contribution in [2.45, 2.75) is 6.92 Å². The molecule has 2 aromatic rings. The van der Waals surface area contributed by atoms with E-state index in [0.717, 1.165) is 5.56 Å². The number of nitrogens with zero attached hydrogens (tertiary/aromatic N) is 1. The third-order valence-corrected chi connectivity index (χ3v) is 3.33. The molecular weight excluding hydrogens is 232 g/mol. The molecule has 2 rings (SSSR count). The first-order valence-electron chi connectivity index (χ1n) is 5.06. The SMILES string of the molecule is Cc1ccsc1C(=O)Nc1cccc(C#N)c1. The van der Waals surface area contributed by atoms with Crippen LogP contribution in [-0.4, -0.2) is 5.91 Å². The lowest BCUT2D eigenvalue weighted by atomic mass is 10.2. The Morgan fingerprint density at radius 2 is 2.24 bits per heavy atom. The minimum absolute atomic E-state index is 0.132. The van der Waals surface area contributed by atoms with E-state index in [9.17, 15) is 4.79 Å². The molecule has 4 heteroatoms. The third-order valence-electron chi connectivity index (χ3n) is 2.32. The molecule has 1 N–H and O–H groups in total. The highest BCUT2D eigenvalue weighted by molar-refractivity contribution is 7.12. The van der Waals surface area contributed by atoms with Crippen LogP contribution in [0, 0.1) is 18.3 Å². The maximum Gasteiger partial charge on any atom is 0.265 e. The van der Waals surface area contributed by atoms with Gasteiger partial charge in [-0.1, -0.05) is 6.07 Å². The van der Waals surface area contributed by atoms with E-state index in [1.807, 2.05) is 24.4 Å². The molecule has 1 amide bonds. The zero-order chi connectivity index (χ0) is 12.3. The van der Waals surface area contributed by atoms with Gasteiger partial charge in [-0.3, -0.25) is 4.79 Å². The highest BCUT2D eigenvalue weighted by Crippen LogP contribution is 2.18. The number of nitriles is 1. The summed E-state index contributed by atoms with van der Waals surface area (Å²) in [6.07, 6.45) is 0. The van der Waals surface area contributed by atoms with Crippen molar-refractivity contribution in [3.8, 4) is 6.07 Å². The van der Waals surface area contributed by atoms with E-state index in [1.54, 1.807) is 24.3 Å². The van der Waals surface area contributed by atoms with E-state index >= 15 is 0 Å². The van der Waals surface area contributed by atoms with Gasteiger partial charge in [0, 0.05) is 5.69 Å². The number of benzene rings is 1. The van der Waals surface area contributed by atoms with Gasteiger partial charge in [0.05, 0.1) is 16.5 Å². The third kappa shape index (κ3) is 2.52. The van der Waals surface area contributed by atoms with Crippen molar-refractivity contribution in [3.63, 3.8) is 0 Å². The average molecular weight is 242 g/mol. The molecule has 3 nitrogen and oxygen atoms in total. The lowest BCUT2D eigenvalue weighted by Crippen LogP contribution is -2.11. The Hall–Kier alpha value is -2.12. The summed E-state index contributed by atoms with van der Waals surface area (Å²) in [5.74, 6) is -0.132. The molecule has 0 atom stereocenters. The Labute approximate surface area is 103 Å². The lowest BCUT2D eigenvalue weighted by Gasteiger charge is -2.04. The molecule has 0 saturated heterocycles. The fourth-order valence-corrected chi connectivity index (χ4v) is 2.28. The Kier molecular flexibility index (Phi) is 3.22. The zero-order valence-corrected chi connectivity index (χ0v) is 10.0. The second kappa shape index (κ2) is 4.81. The molecule has 0 aliphatic carbocycles. The van der Waals surface area contributed by atoms with Gasteiger partial charge < -0.3 is 5.32 Å². The van der Waals surface area contributed by atoms with Gasteiger partial charge >= 0.3 is 0 Å². The first-order chi connectivity index (χ1) is 8.20. The number of rotatable bonds is 2. The minimum Gasteiger partial charge on any atom is -0.321 e. The highest BCUT2D eigenvalue weighted by Gasteiger charge is 2.10. The number of hydrogen-bond acceptors (Lipinski definition) is 3. The second-order valence-electron chi connectivity index (χ2n) is 3.58. The van der Waals surface area contributed by atoms with Crippen molar-refractivity contribution in [2.24, 2.45) is 0 Å². The Balaban J connectivity index is 2.19. The van der Waals surface area contributed by atoms with Crippen LogP contribution in [0.3, 0.4) is 0 Å². The molecular formula is C13H10N2OS. The van der Waals surface area contributed by atoms with Crippen molar-refractivity contribution in [3.05, 3.63) is 51.7 Å². The maximum absolute atomic E-state index is 11.9. The topological polar surface area (TPSA) is 52.9 Å². The van der Waals surface area contributed by atoms with Crippen LogP contribution in [0.15, 0.2) is 35.7 Å². The van der Waals surface area contributed by atoms with Crippen molar-refractivity contribution in [1.29, 1.82) is 5.26 Å². The number of anilines is 1. The Morgan fingerprint density at radius 3 is 2.88 bits per heavy atom. The van der Waals surface area contributed by atoms with Crippen LogP contribution in [0.2, 0.25) is 0 Å². The minimum atomic E-state index is -0.132. The highest BCUT2D eigenvalue weighted by atomic mass is 32.1. The smallest absolute Gasteiger partial charge is 0.265 e. The second-order valence-corrected chi connectivity index (χ2v) is 4.50. The molecule has 0 aliphatic heterocycles. The van der Waals surface area contributed by atoms with Crippen molar-refractivity contribution in [2.75, 3.05) is 5.32 Å². The summed E-state index contributed by atoms with van der Waals surface area (Å²) in [5, 5.41) is 13.4. The van der Waals surface area contributed by atoms with Crippen LogP contribution < -0.4 is 5.32 Å². The number of aryl methyl sites for hydroxylation is 1. The van der Waals surface area contributed by atoms with Crippen LogP contribution in [-0.2, 0) is 0 Å². The summed E-state index contributed by atoms with van der Waals surface area (Å²) in [6.45, 7) is 1.90. The number of amides is 1. The predicted octanol–water partition coefficient (Wildman–Crippen LogP) is 3.18. The van der Waals surface area contributed by atoms with E-state index in [2.05, 4.69) is 5.32 Å².